The molecular weight excluding hydrogens is 483 g/mol. The van der Waals surface area contributed by atoms with Crippen molar-refractivity contribution in [3.63, 3.8) is 0 Å². The Balaban J connectivity index is 2.95. The normalized spacial score (nSPS) is 12.0. The van der Waals surface area contributed by atoms with Crippen LogP contribution < -0.4 is 9.47 Å². The minimum absolute atomic E-state index is 0.108. The summed E-state index contributed by atoms with van der Waals surface area (Å²) in [5, 5.41) is 0. The van der Waals surface area contributed by atoms with Gasteiger partial charge in [-0.15, -0.1) is 0 Å². The highest BCUT2D eigenvalue weighted by Crippen LogP contribution is 2.47. The third-order valence-electron chi connectivity index (χ3n) is 5.18. The van der Waals surface area contributed by atoms with Gasteiger partial charge in [-0.05, 0) is 102 Å². The fraction of sp³-hybridized carbons (Fsp3) is 0.556. The van der Waals surface area contributed by atoms with Gasteiger partial charge in [0.15, 0.2) is 0 Å². The number of ether oxygens (including phenoxy) is 2. The van der Waals surface area contributed by atoms with E-state index in [-0.39, 0.29) is 12.2 Å². The van der Waals surface area contributed by atoms with Crippen LogP contribution in [0.4, 0.5) is 0 Å². The van der Waals surface area contributed by atoms with Crippen molar-refractivity contribution >= 4 is 22.6 Å². The third kappa shape index (κ3) is 5.72. The lowest BCUT2D eigenvalue weighted by Crippen LogP contribution is -2.12. The van der Waals surface area contributed by atoms with Gasteiger partial charge in [0, 0.05) is 5.56 Å². The first-order valence-electron chi connectivity index (χ1n) is 11.3. The van der Waals surface area contributed by atoms with Crippen LogP contribution in [-0.2, 0) is 0 Å². The molecule has 0 heterocycles. The van der Waals surface area contributed by atoms with E-state index in [9.17, 15) is 0 Å². The molecule has 0 fully saturated rings. The molecule has 0 aliphatic carbocycles. The summed E-state index contributed by atoms with van der Waals surface area (Å²) in [5.74, 6) is 3.18. The summed E-state index contributed by atoms with van der Waals surface area (Å²) in [6.07, 6.45) is 0.233. The summed E-state index contributed by atoms with van der Waals surface area (Å²) in [6.45, 7) is 22.0. The molecule has 30 heavy (non-hydrogen) atoms. The zero-order valence-electron chi connectivity index (χ0n) is 20.4. The van der Waals surface area contributed by atoms with Crippen LogP contribution in [0.15, 0.2) is 24.3 Å². The molecule has 2 nitrogen and oxygen atoms in total. The van der Waals surface area contributed by atoms with Gasteiger partial charge >= 0.3 is 0 Å². The van der Waals surface area contributed by atoms with Gasteiger partial charge in [-0.3, -0.25) is 0 Å². The summed E-state index contributed by atoms with van der Waals surface area (Å²) < 4.78 is 13.6. The Kier molecular flexibility index (Phi) is 8.67. The number of halogens is 1. The van der Waals surface area contributed by atoms with Crippen LogP contribution in [0.1, 0.15) is 104 Å². The standard InChI is InChI=1S/C27H39IO2/c1-15(2)20-13-21(16(3)4)25(22(14-20)17(5)6)26-23(29-18(7)8)11-12-24(27(26)28)30-19(9)10/h11-19H,1-10H3. The maximum atomic E-state index is 6.33. The molecule has 0 aliphatic rings. The molecule has 2 aromatic rings. The molecule has 0 atom stereocenters. The first kappa shape index (κ1) is 25.0. The van der Waals surface area contributed by atoms with E-state index >= 15 is 0 Å². The molecule has 2 rings (SSSR count). The van der Waals surface area contributed by atoms with E-state index in [1.54, 1.807) is 0 Å². The SMILES string of the molecule is CC(C)Oc1ccc(OC(C)C)c(-c2c(C(C)C)cc(C(C)C)cc2C(C)C)c1I. The maximum Gasteiger partial charge on any atom is 0.133 e. The first-order chi connectivity index (χ1) is 13.9. The largest absolute Gasteiger partial charge is 0.490 e. The fourth-order valence-corrected chi connectivity index (χ4v) is 4.56. The van der Waals surface area contributed by atoms with E-state index in [4.69, 9.17) is 9.47 Å². The van der Waals surface area contributed by atoms with Gasteiger partial charge in [0.25, 0.3) is 0 Å². The minimum atomic E-state index is 0.108. The second kappa shape index (κ2) is 10.4. The third-order valence-corrected chi connectivity index (χ3v) is 6.25. The van der Waals surface area contributed by atoms with E-state index in [0.717, 1.165) is 15.1 Å². The fourth-order valence-electron chi connectivity index (χ4n) is 3.71. The number of benzene rings is 2. The van der Waals surface area contributed by atoms with Gasteiger partial charge in [-0.2, -0.15) is 0 Å². The Labute approximate surface area is 197 Å². The number of hydrogen-bond donors (Lipinski definition) is 0. The summed E-state index contributed by atoms with van der Waals surface area (Å²) in [5.41, 5.74) is 6.67. The Morgan fingerprint density at radius 3 is 1.43 bits per heavy atom. The first-order valence-corrected chi connectivity index (χ1v) is 12.4. The zero-order chi connectivity index (χ0) is 22.7. The average molecular weight is 523 g/mol. The van der Waals surface area contributed by atoms with Crippen LogP contribution in [0, 0.1) is 3.57 Å². The highest BCUT2D eigenvalue weighted by molar-refractivity contribution is 14.1. The predicted molar refractivity (Wildman–Crippen MR) is 138 cm³/mol. The molecule has 0 bridgehead atoms. The maximum absolute atomic E-state index is 6.33. The van der Waals surface area contributed by atoms with Gasteiger partial charge in [-0.1, -0.05) is 53.7 Å². The molecule has 3 heteroatoms. The van der Waals surface area contributed by atoms with Gasteiger partial charge in [0.05, 0.1) is 15.8 Å². The quantitative estimate of drug-likeness (QED) is 0.322. The van der Waals surface area contributed by atoms with Crippen LogP contribution in [0.2, 0.25) is 0 Å². The van der Waals surface area contributed by atoms with Crippen molar-refractivity contribution in [2.45, 2.75) is 99.2 Å². The number of hydrogen-bond acceptors (Lipinski definition) is 2. The van der Waals surface area contributed by atoms with Gasteiger partial charge < -0.3 is 9.47 Å². The van der Waals surface area contributed by atoms with Crippen LogP contribution >= 0.6 is 22.6 Å². The van der Waals surface area contributed by atoms with Crippen molar-refractivity contribution in [1.29, 1.82) is 0 Å². The molecule has 0 unspecified atom stereocenters. The van der Waals surface area contributed by atoms with Crippen molar-refractivity contribution in [2.75, 3.05) is 0 Å². The topological polar surface area (TPSA) is 18.5 Å². The van der Waals surface area contributed by atoms with Crippen LogP contribution in [0.5, 0.6) is 11.5 Å². The van der Waals surface area contributed by atoms with Gasteiger partial charge in [0.2, 0.25) is 0 Å². The molecule has 0 radical (unpaired) electrons. The Hall–Kier alpha value is -1.23. The van der Waals surface area contributed by atoms with Crippen molar-refractivity contribution in [3.8, 4) is 22.6 Å². The minimum Gasteiger partial charge on any atom is -0.490 e. The molecule has 2 aromatic carbocycles. The molecule has 0 saturated carbocycles. The lowest BCUT2D eigenvalue weighted by atomic mass is 9.81. The highest BCUT2D eigenvalue weighted by atomic mass is 127. The number of rotatable bonds is 8. The molecule has 0 spiro atoms. The van der Waals surface area contributed by atoms with E-state index in [1.807, 2.05) is 0 Å². The Bertz CT molecular complexity index is 834. The summed E-state index contributed by atoms with van der Waals surface area (Å²) in [6, 6.07) is 8.94. The monoisotopic (exact) mass is 522 g/mol. The van der Waals surface area contributed by atoms with E-state index in [1.165, 1.54) is 27.8 Å². The van der Waals surface area contributed by atoms with Crippen molar-refractivity contribution in [1.82, 2.24) is 0 Å². The molecular formula is C27H39IO2. The Morgan fingerprint density at radius 1 is 0.600 bits per heavy atom. The average Bonchev–Trinajstić information content (AvgIpc) is 2.62. The molecule has 0 N–H and O–H groups in total. The summed E-state index contributed by atoms with van der Waals surface area (Å²) in [7, 11) is 0. The van der Waals surface area contributed by atoms with E-state index < -0.39 is 0 Å². The van der Waals surface area contributed by atoms with Gasteiger partial charge in [0.1, 0.15) is 11.5 Å². The summed E-state index contributed by atoms with van der Waals surface area (Å²) in [4.78, 5) is 0. The zero-order valence-corrected chi connectivity index (χ0v) is 22.5. The lowest BCUT2D eigenvalue weighted by Gasteiger charge is -2.27. The Morgan fingerprint density at radius 2 is 1.03 bits per heavy atom. The van der Waals surface area contributed by atoms with E-state index in [0.29, 0.717) is 17.8 Å². The van der Waals surface area contributed by atoms with Crippen LogP contribution in [0.3, 0.4) is 0 Å². The molecule has 0 amide bonds. The van der Waals surface area contributed by atoms with Crippen LogP contribution in [-0.4, -0.2) is 12.2 Å². The predicted octanol–water partition coefficient (Wildman–Crippen LogP) is 8.90. The summed E-state index contributed by atoms with van der Waals surface area (Å²) >= 11 is 2.45. The van der Waals surface area contributed by atoms with Gasteiger partial charge in [-0.25, -0.2) is 0 Å². The van der Waals surface area contributed by atoms with Crippen molar-refractivity contribution in [2.24, 2.45) is 0 Å². The highest BCUT2D eigenvalue weighted by Gasteiger charge is 2.25. The van der Waals surface area contributed by atoms with Crippen molar-refractivity contribution in [3.05, 3.63) is 44.5 Å². The van der Waals surface area contributed by atoms with E-state index in [2.05, 4.69) is 116 Å². The second-order valence-electron chi connectivity index (χ2n) is 9.62. The molecule has 0 aliphatic heterocycles. The smallest absolute Gasteiger partial charge is 0.133 e. The molecule has 0 aromatic heterocycles. The second-order valence-corrected chi connectivity index (χ2v) is 10.7. The molecule has 166 valence electrons. The molecule has 0 saturated heterocycles. The van der Waals surface area contributed by atoms with Crippen molar-refractivity contribution < 1.29 is 9.47 Å². The lowest BCUT2D eigenvalue weighted by molar-refractivity contribution is 0.234. The van der Waals surface area contributed by atoms with Crippen LogP contribution in [0.25, 0.3) is 11.1 Å².